The van der Waals surface area contributed by atoms with Crippen molar-refractivity contribution in [3.8, 4) is 0 Å². The second kappa shape index (κ2) is 3.77. The van der Waals surface area contributed by atoms with E-state index in [9.17, 15) is 4.39 Å². The van der Waals surface area contributed by atoms with E-state index < -0.39 is 5.82 Å². The van der Waals surface area contributed by atoms with E-state index >= 15 is 0 Å². The van der Waals surface area contributed by atoms with Gasteiger partial charge in [-0.2, -0.15) is 0 Å². The fraction of sp³-hybridized carbons (Fsp3) is 0.167. The van der Waals surface area contributed by atoms with E-state index in [-0.39, 0.29) is 11.0 Å². The molecule has 2 heterocycles. The van der Waals surface area contributed by atoms with Crippen molar-refractivity contribution >= 4 is 17.7 Å². The summed E-state index contributed by atoms with van der Waals surface area (Å²) < 4.78 is 14.6. The van der Waals surface area contributed by atoms with Crippen molar-refractivity contribution in [1.29, 1.82) is 0 Å². The third-order valence-electron chi connectivity index (χ3n) is 1.50. The molecule has 0 saturated carbocycles. The Balaban J connectivity index is 2.32. The molecule has 0 aliphatic carbocycles. The van der Waals surface area contributed by atoms with Crippen molar-refractivity contribution < 1.29 is 4.39 Å². The zero-order valence-electron chi connectivity index (χ0n) is 7.62. The lowest BCUT2D eigenvalue weighted by molar-refractivity contribution is 0.579. The van der Waals surface area contributed by atoms with Crippen LogP contribution in [0.15, 0.2) is 16.4 Å². The van der Waals surface area contributed by atoms with Crippen molar-refractivity contribution in [2.45, 2.75) is 10.2 Å². The number of nitrogens with zero attached hydrogens (tertiary/aromatic N) is 6. The predicted octanol–water partition coefficient (Wildman–Crippen LogP) is -0.127. The fourth-order valence-corrected chi connectivity index (χ4v) is 1.54. The predicted molar refractivity (Wildman–Crippen MR) is 49.3 cm³/mol. The molecule has 15 heavy (non-hydrogen) atoms. The smallest absolute Gasteiger partial charge is 0.221 e. The molecular formula is C6H6FN7S. The van der Waals surface area contributed by atoms with Gasteiger partial charge in [0, 0.05) is 7.05 Å². The first-order valence-electron chi connectivity index (χ1n) is 3.85. The SMILES string of the molecule is Cn1nnnc1Sc1nc(N)ncc1F. The van der Waals surface area contributed by atoms with E-state index in [4.69, 9.17) is 5.73 Å². The third kappa shape index (κ3) is 2.01. The van der Waals surface area contributed by atoms with Gasteiger partial charge in [-0.25, -0.2) is 19.0 Å². The molecule has 0 amide bonds. The molecule has 2 rings (SSSR count). The molecule has 0 atom stereocenters. The van der Waals surface area contributed by atoms with Crippen molar-refractivity contribution in [2.75, 3.05) is 5.73 Å². The van der Waals surface area contributed by atoms with Crippen LogP contribution in [0.2, 0.25) is 0 Å². The van der Waals surface area contributed by atoms with Crippen LogP contribution in [0.1, 0.15) is 0 Å². The number of tetrazole rings is 1. The van der Waals surface area contributed by atoms with Crippen molar-refractivity contribution in [2.24, 2.45) is 7.05 Å². The molecule has 2 aromatic heterocycles. The second-order valence-electron chi connectivity index (χ2n) is 2.57. The number of hydrogen-bond acceptors (Lipinski definition) is 7. The largest absolute Gasteiger partial charge is 0.368 e. The topological polar surface area (TPSA) is 95.4 Å². The number of halogens is 1. The van der Waals surface area contributed by atoms with Gasteiger partial charge in [0.15, 0.2) is 5.82 Å². The molecule has 0 aliphatic rings. The number of hydrogen-bond donors (Lipinski definition) is 1. The summed E-state index contributed by atoms with van der Waals surface area (Å²) in [7, 11) is 1.64. The Morgan fingerprint density at radius 3 is 3.00 bits per heavy atom. The maximum atomic E-state index is 13.2. The zero-order chi connectivity index (χ0) is 10.8. The minimum atomic E-state index is -0.558. The van der Waals surface area contributed by atoms with E-state index in [1.165, 1.54) is 4.68 Å². The Bertz CT molecular complexity index is 484. The van der Waals surface area contributed by atoms with Crippen molar-refractivity contribution in [1.82, 2.24) is 30.2 Å². The number of nitrogen functional groups attached to an aromatic ring is 1. The maximum Gasteiger partial charge on any atom is 0.221 e. The number of aryl methyl sites for hydroxylation is 1. The van der Waals surface area contributed by atoms with E-state index in [0.29, 0.717) is 5.16 Å². The highest BCUT2D eigenvalue weighted by Crippen LogP contribution is 2.25. The lowest BCUT2D eigenvalue weighted by atomic mass is 10.6. The van der Waals surface area contributed by atoms with E-state index in [0.717, 1.165) is 18.0 Å². The number of rotatable bonds is 2. The molecule has 7 nitrogen and oxygen atoms in total. The summed E-state index contributed by atoms with van der Waals surface area (Å²) in [5, 5.41) is 11.2. The van der Waals surface area contributed by atoms with E-state index in [2.05, 4.69) is 25.5 Å². The normalized spacial score (nSPS) is 10.5. The van der Waals surface area contributed by atoms with Crippen LogP contribution in [0.4, 0.5) is 10.3 Å². The highest BCUT2D eigenvalue weighted by molar-refractivity contribution is 7.99. The molecular weight excluding hydrogens is 221 g/mol. The zero-order valence-corrected chi connectivity index (χ0v) is 8.44. The van der Waals surface area contributed by atoms with Crippen LogP contribution in [0.3, 0.4) is 0 Å². The van der Waals surface area contributed by atoms with Gasteiger partial charge in [0.25, 0.3) is 0 Å². The van der Waals surface area contributed by atoms with Crippen LogP contribution < -0.4 is 5.73 Å². The molecule has 2 N–H and O–H groups in total. The molecule has 9 heteroatoms. The number of nitrogens with two attached hydrogens (primary N) is 1. The van der Waals surface area contributed by atoms with Gasteiger partial charge in [-0.1, -0.05) is 0 Å². The highest BCUT2D eigenvalue weighted by Gasteiger charge is 2.11. The van der Waals surface area contributed by atoms with Gasteiger partial charge in [0.05, 0.1) is 6.20 Å². The van der Waals surface area contributed by atoms with Gasteiger partial charge in [-0.3, -0.25) is 0 Å². The average Bonchev–Trinajstić information content (AvgIpc) is 2.58. The minimum Gasteiger partial charge on any atom is -0.368 e. The number of anilines is 1. The summed E-state index contributed by atoms with van der Waals surface area (Å²) in [6.07, 6.45) is 1.01. The van der Waals surface area contributed by atoms with E-state index in [1.54, 1.807) is 7.05 Å². The third-order valence-corrected chi connectivity index (χ3v) is 2.51. The summed E-state index contributed by atoms with van der Waals surface area (Å²) in [6, 6.07) is 0. The summed E-state index contributed by atoms with van der Waals surface area (Å²) in [5.41, 5.74) is 5.33. The average molecular weight is 227 g/mol. The molecule has 2 aromatic rings. The van der Waals surface area contributed by atoms with Gasteiger partial charge in [0.2, 0.25) is 11.1 Å². The van der Waals surface area contributed by atoms with Crippen molar-refractivity contribution in [3.05, 3.63) is 12.0 Å². The van der Waals surface area contributed by atoms with Crippen LogP contribution in [0.5, 0.6) is 0 Å². The minimum absolute atomic E-state index is 0.00836. The monoisotopic (exact) mass is 227 g/mol. The maximum absolute atomic E-state index is 13.2. The van der Waals surface area contributed by atoms with E-state index in [1.807, 2.05) is 0 Å². The molecule has 0 aliphatic heterocycles. The first-order valence-corrected chi connectivity index (χ1v) is 4.66. The highest BCUT2D eigenvalue weighted by atomic mass is 32.2. The Labute approximate surface area is 87.9 Å². The summed E-state index contributed by atoms with van der Waals surface area (Å²) >= 11 is 0.982. The van der Waals surface area contributed by atoms with Gasteiger partial charge in [-0.05, 0) is 22.2 Å². The molecule has 0 spiro atoms. The molecule has 0 bridgehead atoms. The van der Waals surface area contributed by atoms with Gasteiger partial charge in [-0.15, -0.1) is 5.10 Å². The number of aromatic nitrogens is 6. The molecule has 0 radical (unpaired) electrons. The first kappa shape index (κ1) is 9.77. The molecule has 0 unspecified atom stereocenters. The van der Waals surface area contributed by atoms with Crippen LogP contribution in [-0.2, 0) is 7.05 Å². The standard InChI is InChI=1S/C6H6FN7S/c1-14-6(11-12-13-14)15-4-3(7)2-9-5(8)10-4/h2H,1H3,(H2,8,9,10). The fourth-order valence-electron chi connectivity index (χ4n) is 0.830. The molecule has 78 valence electrons. The van der Waals surface area contributed by atoms with Crippen LogP contribution in [-0.4, -0.2) is 30.2 Å². The van der Waals surface area contributed by atoms with Crippen LogP contribution in [0.25, 0.3) is 0 Å². The molecule has 0 fully saturated rings. The Kier molecular flexibility index (Phi) is 2.46. The van der Waals surface area contributed by atoms with Gasteiger partial charge >= 0.3 is 0 Å². The van der Waals surface area contributed by atoms with Gasteiger partial charge in [0.1, 0.15) is 5.03 Å². The van der Waals surface area contributed by atoms with Crippen molar-refractivity contribution in [3.63, 3.8) is 0 Å². The quantitative estimate of drug-likeness (QED) is 0.714. The van der Waals surface area contributed by atoms with Crippen LogP contribution >= 0.6 is 11.8 Å². The summed E-state index contributed by atoms with van der Waals surface area (Å²) in [6.45, 7) is 0. The molecule has 0 aromatic carbocycles. The Morgan fingerprint density at radius 1 is 1.53 bits per heavy atom. The van der Waals surface area contributed by atoms with Gasteiger partial charge < -0.3 is 5.73 Å². The second-order valence-corrected chi connectivity index (χ2v) is 3.52. The Morgan fingerprint density at radius 2 is 2.33 bits per heavy atom. The first-order chi connectivity index (χ1) is 7.16. The Hall–Kier alpha value is -1.77. The molecule has 0 saturated heterocycles. The lowest BCUT2D eigenvalue weighted by Crippen LogP contribution is -1.99. The summed E-state index contributed by atoms with van der Waals surface area (Å²) in [5.74, 6) is -0.550. The van der Waals surface area contributed by atoms with Crippen LogP contribution in [0, 0.1) is 5.82 Å². The lowest BCUT2D eigenvalue weighted by Gasteiger charge is -2.00. The summed E-state index contributed by atoms with van der Waals surface area (Å²) in [4.78, 5) is 7.25.